The van der Waals surface area contributed by atoms with Crippen LogP contribution >= 0.6 is 0 Å². The molecule has 1 aromatic carbocycles. The largest absolute Gasteiger partial charge is 0.416 e. The van der Waals surface area contributed by atoms with Gasteiger partial charge in [0.25, 0.3) is 0 Å². The second kappa shape index (κ2) is 7.98. The van der Waals surface area contributed by atoms with Crippen LogP contribution in [0.1, 0.15) is 31.7 Å². The van der Waals surface area contributed by atoms with Gasteiger partial charge in [0.05, 0.1) is 23.1 Å². The topological polar surface area (TPSA) is 33.1 Å². The second-order valence-corrected chi connectivity index (χ2v) is 5.79. The van der Waals surface area contributed by atoms with E-state index in [1.165, 1.54) is 6.07 Å². The van der Waals surface area contributed by atoms with Crippen LogP contribution in [0.5, 0.6) is 0 Å². The molecule has 0 unspecified atom stereocenters. The highest BCUT2D eigenvalue weighted by Crippen LogP contribution is 2.31. The number of alkyl halides is 3. The lowest BCUT2D eigenvalue weighted by atomic mass is 10.2. The Morgan fingerprint density at radius 2 is 1.92 bits per heavy atom. The number of imidazole rings is 1. The summed E-state index contributed by atoms with van der Waals surface area (Å²) in [6.07, 6.45) is -3.41. The van der Waals surface area contributed by atoms with Gasteiger partial charge >= 0.3 is 6.18 Å². The summed E-state index contributed by atoms with van der Waals surface area (Å²) in [4.78, 5) is 6.73. The van der Waals surface area contributed by atoms with Crippen LogP contribution in [0.2, 0.25) is 0 Å². The zero-order valence-corrected chi connectivity index (χ0v) is 14.5. The maximum absolute atomic E-state index is 12.9. The van der Waals surface area contributed by atoms with Crippen LogP contribution in [0.15, 0.2) is 18.2 Å². The summed E-state index contributed by atoms with van der Waals surface area (Å²) in [6.45, 7) is 8.49. The van der Waals surface area contributed by atoms with Gasteiger partial charge in [-0.25, -0.2) is 4.98 Å². The zero-order chi connectivity index (χ0) is 17.7. The van der Waals surface area contributed by atoms with Gasteiger partial charge in [-0.15, -0.1) is 0 Å². The number of hydrogen-bond acceptors (Lipinski definition) is 3. The van der Waals surface area contributed by atoms with E-state index in [4.69, 9.17) is 0 Å². The van der Waals surface area contributed by atoms with Crippen LogP contribution in [0, 0.1) is 0 Å². The first-order chi connectivity index (χ1) is 11.4. The molecular weight excluding hydrogens is 317 g/mol. The predicted molar refractivity (Wildman–Crippen MR) is 89.9 cm³/mol. The first-order valence-corrected chi connectivity index (χ1v) is 8.34. The summed E-state index contributed by atoms with van der Waals surface area (Å²) in [5.41, 5.74) is 0.504. The molecule has 0 aliphatic carbocycles. The standard InChI is InChI=1S/C17H25F3N4/c1-4-23(5-2)9-6-10-24-15-8-7-13(17(18,19)20)11-14(15)22-16(24)12-21-3/h7-8,11,21H,4-6,9-10,12H2,1-3H3. The number of rotatable bonds is 8. The minimum absolute atomic E-state index is 0.401. The highest BCUT2D eigenvalue weighted by molar-refractivity contribution is 5.77. The van der Waals surface area contributed by atoms with Crippen molar-refractivity contribution in [3.63, 3.8) is 0 Å². The second-order valence-electron chi connectivity index (χ2n) is 5.79. The summed E-state index contributed by atoms with van der Waals surface area (Å²) in [5, 5.41) is 3.04. The monoisotopic (exact) mass is 342 g/mol. The lowest BCUT2D eigenvalue weighted by Gasteiger charge is -2.18. The molecule has 0 aliphatic heterocycles. The van der Waals surface area contributed by atoms with Crippen molar-refractivity contribution in [2.24, 2.45) is 0 Å². The molecule has 24 heavy (non-hydrogen) atoms. The van der Waals surface area contributed by atoms with E-state index in [-0.39, 0.29) is 0 Å². The van der Waals surface area contributed by atoms with Gasteiger partial charge in [0.2, 0.25) is 0 Å². The lowest BCUT2D eigenvalue weighted by Crippen LogP contribution is -2.25. The summed E-state index contributed by atoms with van der Waals surface area (Å²) >= 11 is 0. The molecular formula is C17H25F3N4. The molecule has 0 fully saturated rings. The fraction of sp³-hybridized carbons (Fsp3) is 0.588. The molecule has 1 heterocycles. The molecule has 0 spiro atoms. The van der Waals surface area contributed by atoms with Crippen molar-refractivity contribution < 1.29 is 13.2 Å². The number of aromatic nitrogens is 2. The Labute approximate surface area is 140 Å². The summed E-state index contributed by atoms with van der Waals surface area (Å²) in [7, 11) is 1.81. The van der Waals surface area contributed by atoms with E-state index in [1.54, 1.807) is 7.05 Å². The normalized spacial score (nSPS) is 12.5. The molecule has 0 saturated heterocycles. The molecule has 4 nitrogen and oxygen atoms in total. The third-order valence-electron chi connectivity index (χ3n) is 4.24. The number of nitrogens with zero attached hydrogens (tertiary/aromatic N) is 3. The van der Waals surface area contributed by atoms with Crippen molar-refractivity contribution in [3.8, 4) is 0 Å². The molecule has 7 heteroatoms. The summed E-state index contributed by atoms with van der Waals surface area (Å²) in [6, 6.07) is 3.80. The first kappa shape index (κ1) is 18.7. The maximum atomic E-state index is 12.9. The highest BCUT2D eigenvalue weighted by atomic mass is 19.4. The summed E-state index contributed by atoms with van der Waals surface area (Å²) in [5.74, 6) is 0.770. The van der Waals surface area contributed by atoms with E-state index in [0.29, 0.717) is 12.1 Å². The van der Waals surface area contributed by atoms with Crippen molar-refractivity contribution >= 4 is 11.0 Å². The van der Waals surface area contributed by atoms with Crippen LogP contribution in [-0.2, 0) is 19.3 Å². The molecule has 2 aromatic rings. The van der Waals surface area contributed by atoms with Crippen molar-refractivity contribution in [3.05, 3.63) is 29.6 Å². The molecule has 1 N–H and O–H groups in total. The molecule has 1 aromatic heterocycles. The number of hydrogen-bond donors (Lipinski definition) is 1. The minimum Gasteiger partial charge on any atom is -0.327 e. The average Bonchev–Trinajstić information content (AvgIpc) is 2.88. The highest BCUT2D eigenvalue weighted by Gasteiger charge is 2.31. The smallest absolute Gasteiger partial charge is 0.327 e. The number of nitrogens with one attached hydrogen (secondary N) is 1. The predicted octanol–water partition coefficient (Wildman–Crippen LogP) is 3.51. The third kappa shape index (κ3) is 4.27. The molecule has 2 rings (SSSR count). The van der Waals surface area contributed by atoms with Gasteiger partial charge in [0, 0.05) is 6.54 Å². The van der Waals surface area contributed by atoms with E-state index >= 15 is 0 Å². The Bertz CT molecular complexity index is 660. The lowest BCUT2D eigenvalue weighted by molar-refractivity contribution is -0.137. The summed E-state index contributed by atoms with van der Waals surface area (Å²) < 4.78 is 40.7. The number of halogens is 3. The van der Waals surface area contributed by atoms with Gasteiger partial charge in [-0.3, -0.25) is 0 Å². The number of aryl methyl sites for hydroxylation is 1. The Kier molecular flexibility index (Phi) is 6.23. The van der Waals surface area contributed by atoms with Gasteiger partial charge in [-0.05, 0) is 51.3 Å². The van der Waals surface area contributed by atoms with Crippen LogP contribution in [0.4, 0.5) is 13.2 Å². The third-order valence-corrected chi connectivity index (χ3v) is 4.24. The van der Waals surface area contributed by atoms with Gasteiger partial charge < -0.3 is 14.8 Å². The van der Waals surface area contributed by atoms with E-state index in [2.05, 4.69) is 29.0 Å². The maximum Gasteiger partial charge on any atom is 0.416 e. The van der Waals surface area contributed by atoms with E-state index in [1.807, 2.05) is 4.57 Å². The number of fused-ring (bicyclic) bond motifs is 1. The SMILES string of the molecule is CCN(CC)CCCn1c(CNC)nc2cc(C(F)(F)F)ccc21. The van der Waals surface area contributed by atoms with Crippen molar-refractivity contribution in [1.29, 1.82) is 0 Å². The molecule has 0 bridgehead atoms. The molecule has 0 aliphatic rings. The molecule has 134 valence electrons. The fourth-order valence-electron chi connectivity index (χ4n) is 2.89. The van der Waals surface area contributed by atoms with Gasteiger partial charge in [-0.2, -0.15) is 13.2 Å². The first-order valence-electron chi connectivity index (χ1n) is 8.34. The van der Waals surface area contributed by atoms with E-state index < -0.39 is 11.7 Å². The number of benzene rings is 1. The Hall–Kier alpha value is -1.60. The minimum atomic E-state index is -4.34. The van der Waals surface area contributed by atoms with Crippen LogP contribution in [-0.4, -0.2) is 41.1 Å². The van der Waals surface area contributed by atoms with Gasteiger partial charge in [-0.1, -0.05) is 13.8 Å². The Morgan fingerprint density at radius 3 is 2.50 bits per heavy atom. The van der Waals surface area contributed by atoms with Crippen LogP contribution in [0.25, 0.3) is 11.0 Å². The van der Waals surface area contributed by atoms with E-state index in [0.717, 1.165) is 56.1 Å². The van der Waals surface area contributed by atoms with Crippen LogP contribution < -0.4 is 5.32 Å². The van der Waals surface area contributed by atoms with Gasteiger partial charge in [0.15, 0.2) is 0 Å². The molecule has 0 radical (unpaired) electrons. The molecule has 0 atom stereocenters. The van der Waals surface area contributed by atoms with Crippen molar-refractivity contribution in [1.82, 2.24) is 19.8 Å². The van der Waals surface area contributed by atoms with Crippen molar-refractivity contribution in [2.45, 2.75) is 39.5 Å². The molecule has 0 amide bonds. The molecule has 0 saturated carbocycles. The quantitative estimate of drug-likeness (QED) is 0.797. The van der Waals surface area contributed by atoms with Gasteiger partial charge in [0.1, 0.15) is 5.82 Å². The Morgan fingerprint density at radius 1 is 1.21 bits per heavy atom. The Balaban J connectivity index is 2.27. The van der Waals surface area contributed by atoms with E-state index in [9.17, 15) is 13.2 Å². The average molecular weight is 342 g/mol. The fourth-order valence-corrected chi connectivity index (χ4v) is 2.89. The van der Waals surface area contributed by atoms with Crippen LogP contribution in [0.3, 0.4) is 0 Å². The van der Waals surface area contributed by atoms with Crippen molar-refractivity contribution in [2.75, 3.05) is 26.7 Å². The zero-order valence-electron chi connectivity index (χ0n) is 14.5.